The van der Waals surface area contributed by atoms with Crippen LogP contribution in [0.1, 0.15) is 23.7 Å². The lowest BCUT2D eigenvalue weighted by Crippen LogP contribution is -2.10. The molecule has 0 spiro atoms. The Morgan fingerprint density at radius 1 is 1.50 bits per heavy atom. The number of carbonyl (C=O) groups is 1. The van der Waals surface area contributed by atoms with E-state index < -0.39 is 5.97 Å². The van der Waals surface area contributed by atoms with Crippen LogP contribution >= 0.6 is 11.8 Å². The highest BCUT2D eigenvalue weighted by atomic mass is 32.2. The molecule has 0 fully saturated rings. The zero-order valence-electron chi connectivity index (χ0n) is 10.5. The maximum Gasteiger partial charge on any atom is 0.339 e. The van der Waals surface area contributed by atoms with Gasteiger partial charge in [-0.15, -0.1) is 0 Å². The van der Waals surface area contributed by atoms with E-state index >= 15 is 0 Å². The number of carboxylic acid groups (broad SMARTS) is 1. The zero-order chi connectivity index (χ0) is 13.4. The van der Waals surface area contributed by atoms with E-state index in [-0.39, 0.29) is 5.56 Å². The van der Waals surface area contributed by atoms with Crippen molar-refractivity contribution >= 4 is 17.7 Å². The van der Waals surface area contributed by atoms with E-state index in [4.69, 9.17) is 15.6 Å². The Hall–Kier alpha value is -1.20. The van der Waals surface area contributed by atoms with Crippen molar-refractivity contribution in [3.8, 4) is 5.75 Å². The third kappa shape index (κ3) is 4.98. The number of rotatable bonds is 8. The molecule has 0 aromatic heterocycles. The van der Waals surface area contributed by atoms with Gasteiger partial charge in [0.1, 0.15) is 11.3 Å². The minimum absolute atomic E-state index is 0.206. The van der Waals surface area contributed by atoms with Gasteiger partial charge in [0.25, 0.3) is 0 Å². The standard InChI is InChI=1S/C13H19NO3S/c1-10(6-7-14)18-9-8-17-12-5-3-2-4-11(12)13(15)16/h2-5,10H,6-9,14H2,1H3,(H,15,16). The van der Waals surface area contributed by atoms with Gasteiger partial charge in [0.15, 0.2) is 0 Å². The van der Waals surface area contributed by atoms with Crippen molar-refractivity contribution in [1.82, 2.24) is 0 Å². The molecule has 4 nitrogen and oxygen atoms in total. The van der Waals surface area contributed by atoms with Crippen LogP contribution < -0.4 is 10.5 Å². The maximum atomic E-state index is 10.9. The molecular formula is C13H19NO3S. The Morgan fingerprint density at radius 3 is 2.89 bits per heavy atom. The Labute approximate surface area is 112 Å². The van der Waals surface area contributed by atoms with Crippen molar-refractivity contribution in [3.63, 3.8) is 0 Å². The van der Waals surface area contributed by atoms with Crippen molar-refractivity contribution in [2.45, 2.75) is 18.6 Å². The molecule has 100 valence electrons. The molecule has 1 rings (SSSR count). The number of hydrogen-bond acceptors (Lipinski definition) is 4. The smallest absolute Gasteiger partial charge is 0.339 e. The van der Waals surface area contributed by atoms with Crippen molar-refractivity contribution in [2.75, 3.05) is 18.9 Å². The highest BCUT2D eigenvalue weighted by Gasteiger charge is 2.09. The van der Waals surface area contributed by atoms with Crippen molar-refractivity contribution in [3.05, 3.63) is 29.8 Å². The number of hydrogen-bond donors (Lipinski definition) is 2. The summed E-state index contributed by atoms with van der Waals surface area (Å²) >= 11 is 1.78. The fraction of sp³-hybridized carbons (Fsp3) is 0.462. The Bertz CT molecular complexity index is 384. The minimum Gasteiger partial charge on any atom is -0.492 e. The molecule has 1 aromatic rings. The van der Waals surface area contributed by atoms with Crippen LogP contribution in [0.15, 0.2) is 24.3 Å². The predicted molar refractivity (Wildman–Crippen MR) is 74.5 cm³/mol. The van der Waals surface area contributed by atoms with Crippen LogP contribution in [0.3, 0.4) is 0 Å². The summed E-state index contributed by atoms with van der Waals surface area (Å²) in [5, 5.41) is 9.49. The van der Waals surface area contributed by atoms with E-state index in [9.17, 15) is 4.79 Å². The van der Waals surface area contributed by atoms with Gasteiger partial charge in [-0.2, -0.15) is 11.8 Å². The topological polar surface area (TPSA) is 72.5 Å². The van der Waals surface area contributed by atoms with Gasteiger partial charge in [0.05, 0.1) is 6.61 Å². The summed E-state index contributed by atoms with van der Waals surface area (Å²) in [6.07, 6.45) is 0.983. The van der Waals surface area contributed by atoms with Crippen molar-refractivity contribution < 1.29 is 14.6 Å². The highest BCUT2D eigenvalue weighted by Crippen LogP contribution is 2.19. The molecule has 1 atom stereocenters. The van der Waals surface area contributed by atoms with Gasteiger partial charge in [0.2, 0.25) is 0 Å². The summed E-state index contributed by atoms with van der Waals surface area (Å²) in [4.78, 5) is 10.9. The Kier molecular flexibility index (Phi) is 6.60. The van der Waals surface area contributed by atoms with Crippen LogP contribution in [0.25, 0.3) is 0 Å². The molecule has 0 bridgehead atoms. The van der Waals surface area contributed by atoms with E-state index in [0.717, 1.165) is 12.2 Å². The van der Waals surface area contributed by atoms with Crippen LogP contribution in [0.4, 0.5) is 0 Å². The lowest BCUT2D eigenvalue weighted by molar-refractivity contribution is 0.0692. The number of carboxylic acids is 1. The van der Waals surface area contributed by atoms with Gasteiger partial charge in [-0.3, -0.25) is 0 Å². The molecule has 0 saturated carbocycles. The van der Waals surface area contributed by atoms with Crippen molar-refractivity contribution in [1.29, 1.82) is 0 Å². The van der Waals surface area contributed by atoms with Gasteiger partial charge in [-0.25, -0.2) is 4.79 Å². The van der Waals surface area contributed by atoms with Crippen LogP contribution in [0, 0.1) is 0 Å². The molecule has 18 heavy (non-hydrogen) atoms. The van der Waals surface area contributed by atoms with E-state index in [1.54, 1.807) is 36.0 Å². The number of benzene rings is 1. The normalized spacial score (nSPS) is 12.1. The predicted octanol–water partition coefficient (Wildman–Crippen LogP) is 2.23. The second kappa shape index (κ2) is 8.00. The molecule has 0 aliphatic heterocycles. The van der Waals surface area contributed by atoms with E-state index in [2.05, 4.69) is 6.92 Å². The third-order valence-electron chi connectivity index (χ3n) is 2.43. The number of thioether (sulfide) groups is 1. The lowest BCUT2D eigenvalue weighted by atomic mass is 10.2. The molecule has 3 N–H and O–H groups in total. The van der Waals surface area contributed by atoms with Gasteiger partial charge in [-0.1, -0.05) is 19.1 Å². The summed E-state index contributed by atoms with van der Waals surface area (Å²) < 4.78 is 5.49. The molecule has 0 aliphatic rings. The van der Waals surface area contributed by atoms with Gasteiger partial charge in [-0.05, 0) is 25.1 Å². The number of ether oxygens (including phenoxy) is 1. The van der Waals surface area contributed by atoms with Crippen molar-refractivity contribution in [2.24, 2.45) is 5.73 Å². The zero-order valence-corrected chi connectivity index (χ0v) is 11.3. The van der Waals surface area contributed by atoms with Crippen LogP contribution in [0.5, 0.6) is 5.75 Å². The fourth-order valence-corrected chi connectivity index (χ4v) is 2.37. The summed E-state index contributed by atoms with van der Waals surface area (Å²) in [7, 11) is 0. The summed E-state index contributed by atoms with van der Waals surface area (Å²) in [5.41, 5.74) is 5.67. The lowest BCUT2D eigenvalue weighted by Gasteiger charge is -2.11. The summed E-state index contributed by atoms with van der Waals surface area (Å²) in [6.45, 7) is 3.32. The first-order valence-corrected chi connectivity index (χ1v) is 6.96. The first-order chi connectivity index (χ1) is 8.65. The molecule has 1 unspecified atom stereocenters. The van der Waals surface area contributed by atoms with Crippen LogP contribution in [0.2, 0.25) is 0 Å². The Balaban J connectivity index is 2.37. The van der Waals surface area contributed by atoms with E-state index in [1.807, 2.05) is 0 Å². The first-order valence-electron chi connectivity index (χ1n) is 5.92. The maximum absolute atomic E-state index is 10.9. The molecule has 0 saturated heterocycles. The number of para-hydroxylation sites is 1. The van der Waals surface area contributed by atoms with Crippen LogP contribution in [-0.4, -0.2) is 35.2 Å². The van der Waals surface area contributed by atoms with Gasteiger partial charge < -0.3 is 15.6 Å². The third-order valence-corrected chi connectivity index (χ3v) is 3.64. The Morgan fingerprint density at radius 2 is 2.22 bits per heavy atom. The monoisotopic (exact) mass is 269 g/mol. The molecule has 0 aliphatic carbocycles. The van der Waals surface area contributed by atoms with Crippen LogP contribution in [-0.2, 0) is 0 Å². The first kappa shape index (κ1) is 14.9. The number of aromatic carboxylic acids is 1. The molecule has 0 amide bonds. The quantitative estimate of drug-likeness (QED) is 0.708. The average molecular weight is 269 g/mol. The van der Waals surface area contributed by atoms with Gasteiger partial charge in [0, 0.05) is 11.0 Å². The summed E-state index contributed by atoms with van der Waals surface area (Å²) in [6, 6.07) is 6.68. The second-order valence-corrected chi connectivity index (χ2v) is 5.45. The highest BCUT2D eigenvalue weighted by molar-refractivity contribution is 7.99. The molecular weight excluding hydrogens is 250 g/mol. The molecule has 1 aromatic carbocycles. The minimum atomic E-state index is -0.963. The molecule has 5 heteroatoms. The number of nitrogens with two attached hydrogens (primary N) is 1. The second-order valence-electron chi connectivity index (χ2n) is 3.91. The van der Waals surface area contributed by atoms with E-state index in [1.165, 1.54) is 0 Å². The SMILES string of the molecule is CC(CCN)SCCOc1ccccc1C(=O)O. The van der Waals surface area contributed by atoms with E-state index in [0.29, 0.717) is 24.2 Å². The largest absolute Gasteiger partial charge is 0.492 e. The molecule has 0 radical (unpaired) electrons. The average Bonchev–Trinajstić information content (AvgIpc) is 2.35. The van der Waals surface area contributed by atoms with Gasteiger partial charge >= 0.3 is 5.97 Å². The fourth-order valence-electron chi connectivity index (χ4n) is 1.49. The molecule has 0 heterocycles. The summed E-state index contributed by atoms with van der Waals surface area (Å²) in [5.74, 6) is 0.293.